The van der Waals surface area contributed by atoms with E-state index in [9.17, 15) is 9.90 Å². The number of methoxy groups -OCH3 is 1. The second-order valence-corrected chi connectivity index (χ2v) is 3.66. The fourth-order valence-corrected chi connectivity index (χ4v) is 1.45. The number of nitrogens with one attached hydrogen (secondary N) is 1. The number of carbonyl (C=O) groups excluding carboxylic acids is 1. The summed E-state index contributed by atoms with van der Waals surface area (Å²) in [5.41, 5.74) is 0.300. The van der Waals surface area contributed by atoms with E-state index in [1.54, 1.807) is 19.1 Å². The number of rotatable bonds is 3. The molecule has 0 aliphatic rings. The van der Waals surface area contributed by atoms with Crippen LogP contribution in [0, 0.1) is 6.92 Å². The molecule has 0 bridgehead atoms. The van der Waals surface area contributed by atoms with Crippen molar-refractivity contribution in [3.05, 3.63) is 35.6 Å². The van der Waals surface area contributed by atoms with E-state index in [-0.39, 0.29) is 11.7 Å². The quantitative estimate of drug-likeness (QED) is 0.867. The van der Waals surface area contributed by atoms with Crippen LogP contribution in [0.2, 0.25) is 0 Å². The Morgan fingerprint density at radius 3 is 2.78 bits per heavy atom. The fourth-order valence-electron chi connectivity index (χ4n) is 1.45. The lowest BCUT2D eigenvalue weighted by molar-refractivity contribution is 0.102. The van der Waals surface area contributed by atoms with Crippen molar-refractivity contribution in [2.45, 2.75) is 6.92 Å². The van der Waals surface area contributed by atoms with Gasteiger partial charge in [0.05, 0.1) is 7.11 Å². The van der Waals surface area contributed by atoms with E-state index >= 15 is 0 Å². The lowest BCUT2D eigenvalue weighted by Gasteiger charge is -2.05. The molecule has 0 radical (unpaired) electrons. The van der Waals surface area contributed by atoms with Crippen molar-refractivity contribution in [2.24, 2.45) is 0 Å². The number of phenolic OH excluding ortho intramolecular Hbond substituents is 1. The molecule has 1 aromatic carbocycles. The van der Waals surface area contributed by atoms with Crippen LogP contribution < -0.4 is 10.1 Å². The Kier molecular flexibility index (Phi) is 3.18. The molecule has 0 saturated carbocycles. The standard InChI is InChI=1S/C12H12N2O4/c1-7-5-11(14-18-7)13-12(16)8-3-4-10(17-2)9(15)6-8/h3-6,15H,1-2H3,(H,13,14,16). The van der Waals surface area contributed by atoms with E-state index < -0.39 is 0 Å². The second-order valence-electron chi connectivity index (χ2n) is 3.66. The molecule has 0 aliphatic carbocycles. The maximum Gasteiger partial charge on any atom is 0.257 e. The number of ether oxygens (including phenoxy) is 1. The number of benzene rings is 1. The van der Waals surface area contributed by atoms with Crippen molar-refractivity contribution >= 4 is 11.7 Å². The first-order chi connectivity index (χ1) is 8.60. The third-order valence-corrected chi connectivity index (χ3v) is 2.31. The summed E-state index contributed by atoms with van der Waals surface area (Å²) in [5.74, 6) is 0.752. The summed E-state index contributed by atoms with van der Waals surface area (Å²) in [4.78, 5) is 11.8. The summed E-state index contributed by atoms with van der Waals surface area (Å²) in [6.07, 6.45) is 0. The van der Waals surface area contributed by atoms with Crippen LogP contribution in [-0.4, -0.2) is 23.3 Å². The molecule has 0 saturated heterocycles. The van der Waals surface area contributed by atoms with E-state index in [1.165, 1.54) is 19.2 Å². The molecule has 0 unspecified atom stereocenters. The lowest BCUT2D eigenvalue weighted by atomic mass is 10.2. The van der Waals surface area contributed by atoms with Crippen LogP contribution in [0.5, 0.6) is 11.5 Å². The van der Waals surface area contributed by atoms with Crippen LogP contribution in [0.4, 0.5) is 5.82 Å². The summed E-state index contributed by atoms with van der Waals surface area (Å²) in [5, 5.41) is 15.8. The minimum atomic E-state index is -0.388. The van der Waals surface area contributed by atoms with Crippen molar-refractivity contribution < 1.29 is 19.2 Å². The Hall–Kier alpha value is -2.50. The van der Waals surface area contributed by atoms with Gasteiger partial charge >= 0.3 is 0 Å². The SMILES string of the molecule is COc1ccc(C(=O)Nc2cc(C)on2)cc1O. The summed E-state index contributed by atoms with van der Waals surface area (Å²) >= 11 is 0. The molecule has 0 atom stereocenters. The van der Waals surface area contributed by atoms with Crippen molar-refractivity contribution in [1.82, 2.24) is 5.16 Å². The van der Waals surface area contributed by atoms with E-state index in [2.05, 4.69) is 10.5 Å². The van der Waals surface area contributed by atoms with Gasteiger partial charge in [0.1, 0.15) is 5.76 Å². The second kappa shape index (κ2) is 4.79. The topological polar surface area (TPSA) is 84.6 Å². The molecular formula is C12H12N2O4. The summed E-state index contributed by atoms with van der Waals surface area (Å²) in [6.45, 7) is 1.72. The zero-order chi connectivity index (χ0) is 13.1. The van der Waals surface area contributed by atoms with Crippen LogP contribution in [0.3, 0.4) is 0 Å². The highest BCUT2D eigenvalue weighted by molar-refractivity contribution is 6.04. The van der Waals surface area contributed by atoms with Crippen LogP contribution in [0.15, 0.2) is 28.8 Å². The van der Waals surface area contributed by atoms with Gasteiger partial charge in [-0.25, -0.2) is 0 Å². The van der Waals surface area contributed by atoms with Crippen molar-refractivity contribution in [1.29, 1.82) is 0 Å². The Morgan fingerprint density at radius 1 is 1.44 bits per heavy atom. The van der Waals surface area contributed by atoms with Crippen LogP contribution in [0.1, 0.15) is 16.1 Å². The number of nitrogens with zero attached hydrogens (tertiary/aromatic N) is 1. The number of hydrogen-bond donors (Lipinski definition) is 2. The fraction of sp³-hybridized carbons (Fsp3) is 0.167. The van der Waals surface area contributed by atoms with Crippen LogP contribution in [0.25, 0.3) is 0 Å². The minimum absolute atomic E-state index is 0.0958. The van der Waals surface area contributed by atoms with E-state index in [0.29, 0.717) is 22.9 Å². The van der Waals surface area contributed by atoms with Gasteiger partial charge in [-0.05, 0) is 25.1 Å². The van der Waals surface area contributed by atoms with Gasteiger partial charge in [-0.1, -0.05) is 5.16 Å². The van der Waals surface area contributed by atoms with Gasteiger partial charge in [-0.15, -0.1) is 0 Å². The summed E-state index contributed by atoms with van der Waals surface area (Å²) < 4.78 is 9.72. The molecule has 0 fully saturated rings. The molecule has 2 aromatic rings. The van der Waals surface area contributed by atoms with Gasteiger partial charge in [-0.3, -0.25) is 4.79 Å². The number of amides is 1. The molecule has 18 heavy (non-hydrogen) atoms. The van der Waals surface area contributed by atoms with E-state index in [4.69, 9.17) is 9.26 Å². The smallest absolute Gasteiger partial charge is 0.257 e. The Morgan fingerprint density at radius 2 is 2.22 bits per heavy atom. The van der Waals surface area contributed by atoms with Crippen LogP contribution >= 0.6 is 0 Å². The molecule has 0 spiro atoms. The van der Waals surface area contributed by atoms with Gasteiger partial charge in [0.15, 0.2) is 17.3 Å². The first-order valence-electron chi connectivity index (χ1n) is 5.22. The molecule has 2 N–H and O–H groups in total. The molecule has 1 heterocycles. The average Bonchev–Trinajstić information content (AvgIpc) is 2.74. The Bertz CT molecular complexity index is 577. The van der Waals surface area contributed by atoms with E-state index in [1.807, 2.05) is 0 Å². The minimum Gasteiger partial charge on any atom is -0.504 e. The normalized spacial score (nSPS) is 10.1. The number of aryl methyl sites for hydroxylation is 1. The maximum atomic E-state index is 11.8. The molecule has 2 rings (SSSR count). The first kappa shape index (κ1) is 12.0. The molecule has 0 aliphatic heterocycles. The Labute approximate surface area is 103 Å². The Balaban J connectivity index is 2.16. The zero-order valence-electron chi connectivity index (χ0n) is 9.93. The molecule has 6 nitrogen and oxygen atoms in total. The average molecular weight is 248 g/mol. The molecule has 1 aromatic heterocycles. The third-order valence-electron chi connectivity index (χ3n) is 2.31. The predicted octanol–water partition coefficient (Wildman–Crippen LogP) is 1.95. The molecular weight excluding hydrogens is 236 g/mol. The van der Waals surface area contributed by atoms with Gasteiger partial charge in [-0.2, -0.15) is 0 Å². The number of phenols is 1. The largest absolute Gasteiger partial charge is 0.504 e. The van der Waals surface area contributed by atoms with Crippen molar-refractivity contribution in [3.63, 3.8) is 0 Å². The number of carbonyl (C=O) groups is 1. The monoisotopic (exact) mass is 248 g/mol. The highest BCUT2D eigenvalue weighted by Gasteiger charge is 2.11. The van der Waals surface area contributed by atoms with Crippen molar-refractivity contribution in [2.75, 3.05) is 12.4 Å². The summed E-state index contributed by atoms with van der Waals surface area (Å²) in [7, 11) is 1.44. The highest BCUT2D eigenvalue weighted by Crippen LogP contribution is 2.26. The number of aromatic nitrogens is 1. The molecule has 6 heteroatoms. The first-order valence-corrected chi connectivity index (χ1v) is 5.22. The number of aromatic hydroxyl groups is 1. The van der Waals surface area contributed by atoms with E-state index in [0.717, 1.165) is 0 Å². The number of hydrogen-bond acceptors (Lipinski definition) is 5. The van der Waals surface area contributed by atoms with Gasteiger partial charge in [0, 0.05) is 11.6 Å². The lowest BCUT2D eigenvalue weighted by Crippen LogP contribution is -2.11. The zero-order valence-corrected chi connectivity index (χ0v) is 9.93. The molecule has 94 valence electrons. The maximum absolute atomic E-state index is 11.8. The van der Waals surface area contributed by atoms with Gasteiger partial charge in [0.2, 0.25) is 0 Å². The van der Waals surface area contributed by atoms with Crippen molar-refractivity contribution in [3.8, 4) is 11.5 Å². The molecule has 1 amide bonds. The number of anilines is 1. The van der Waals surface area contributed by atoms with Gasteiger partial charge in [0.25, 0.3) is 5.91 Å². The van der Waals surface area contributed by atoms with Gasteiger partial charge < -0.3 is 19.7 Å². The highest BCUT2D eigenvalue weighted by atomic mass is 16.5. The summed E-state index contributed by atoms with van der Waals surface area (Å²) in [6, 6.07) is 5.97. The predicted molar refractivity (Wildman–Crippen MR) is 63.9 cm³/mol. The third kappa shape index (κ3) is 2.42. The van der Waals surface area contributed by atoms with Crippen LogP contribution in [-0.2, 0) is 0 Å².